The van der Waals surface area contributed by atoms with Crippen molar-refractivity contribution >= 4 is 17.9 Å². The number of quaternary nitrogens is 1. The number of esters is 2. The van der Waals surface area contributed by atoms with E-state index in [4.69, 9.17) is 18.9 Å². The molecule has 2 atom stereocenters. The van der Waals surface area contributed by atoms with Crippen molar-refractivity contribution < 1.29 is 42.9 Å². The number of carbonyl (C=O) groups excluding carboxylic acids is 3. The lowest BCUT2D eigenvalue weighted by molar-refractivity contribution is -0.870. The van der Waals surface area contributed by atoms with Crippen molar-refractivity contribution in [3.8, 4) is 0 Å². The van der Waals surface area contributed by atoms with Crippen LogP contribution in [-0.4, -0.2) is 82.3 Å². The highest BCUT2D eigenvalue weighted by Gasteiger charge is 2.22. The van der Waals surface area contributed by atoms with Crippen LogP contribution < -0.4 is 5.11 Å². The van der Waals surface area contributed by atoms with Gasteiger partial charge in [0, 0.05) is 12.8 Å². The number of ether oxygens (including phenoxy) is 4. The monoisotopic (exact) mass is 942 g/mol. The van der Waals surface area contributed by atoms with Gasteiger partial charge in [0.1, 0.15) is 13.2 Å². The zero-order valence-corrected chi connectivity index (χ0v) is 44.0. The Morgan fingerprint density at radius 3 is 1.25 bits per heavy atom. The highest BCUT2D eigenvalue weighted by Crippen LogP contribution is 2.15. The summed E-state index contributed by atoms with van der Waals surface area (Å²) in [5.74, 6) is -2.30. The van der Waals surface area contributed by atoms with E-state index >= 15 is 0 Å². The first-order valence-electron chi connectivity index (χ1n) is 27.4. The van der Waals surface area contributed by atoms with Crippen LogP contribution in [0.25, 0.3) is 0 Å². The van der Waals surface area contributed by atoms with E-state index in [0.717, 1.165) is 83.5 Å². The fraction of sp³-hybridized carbons (Fsp3) is 0.776. The maximum Gasteiger partial charge on any atom is 0.306 e. The summed E-state index contributed by atoms with van der Waals surface area (Å²) in [5.41, 5.74) is 0. The Labute approximate surface area is 412 Å². The summed E-state index contributed by atoms with van der Waals surface area (Å²) in [4.78, 5) is 37.1. The summed E-state index contributed by atoms with van der Waals surface area (Å²) in [5, 5.41) is 11.7. The number of hydrogen-bond donors (Lipinski definition) is 0. The first-order valence-corrected chi connectivity index (χ1v) is 27.4. The fourth-order valence-corrected chi connectivity index (χ4v) is 7.46. The van der Waals surface area contributed by atoms with Crippen molar-refractivity contribution in [3.05, 3.63) is 60.8 Å². The lowest BCUT2D eigenvalue weighted by Gasteiger charge is -2.26. The number of hydrogen-bond acceptors (Lipinski definition) is 8. The van der Waals surface area contributed by atoms with Gasteiger partial charge in [-0.3, -0.25) is 9.59 Å². The molecule has 0 rings (SSSR count). The number of carboxylic acids is 1. The number of allylic oxidation sites excluding steroid dienone is 10. The van der Waals surface area contributed by atoms with Gasteiger partial charge in [0.15, 0.2) is 12.4 Å². The van der Waals surface area contributed by atoms with Crippen LogP contribution >= 0.6 is 0 Å². The van der Waals surface area contributed by atoms with E-state index in [2.05, 4.69) is 74.6 Å². The first kappa shape index (κ1) is 64.0. The summed E-state index contributed by atoms with van der Waals surface area (Å²) >= 11 is 0. The van der Waals surface area contributed by atoms with Crippen molar-refractivity contribution in [1.29, 1.82) is 0 Å². The van der Waals surface area contributed by atoms with E-state index in [1.54, 1.807) is 0 Å². The summed E-state index contributed by atoms with van der Waals surface area (Å²) in [6.45, 7) is 4.65. The molecule has 0 saturated heterocycles. The Morgan fingerprint density at radius 2 is 0.836 bits per heavy atom. The Kier molecular flexibility index (Phi) is 47.2. The third kappa shape index (κ3) is 50.7. The van der Waals surface area contributed by atoms with Gasteiger partial charge in [-0.15, -0.1) is 0 Å². The van der Waals surface area contributed by atoms with E-state index in [1.807, 2.05) is 21.1 Å². The van der Waals surface area contributed by atoms with E-state index in [1.165, 1.54) is 116 Å². The van der Waals surface area contributed by atoms with Crippen LogP contribution in [-0.2, 0) is 33.3 Å². The van der Waals surface area contributed by atoms with Crippen molar-refractivity contribution in [3.63, 3.8) is 0 Å². The molecule has 0 saturated carbocycles. The molecule has 0 heterocycles. The molecule has 0 aliphatic rings. The molecule has 0 aromatic heterocycles. The second-order valence-corrected chi connectivity index (χ2v) is 19.5. The molecule has 0 amide bonds. The molecule has 0 aliphatic carbocycles. The Bertz CT molecular complexity index is 1280. The average Bonchev–Trinajstić information content (AvgIpc) is 3.29. The minimum atomic E-state index is -1.62. The second-order valence-electron chi connectivity index (χ2n) is 19.5. The molecular formula is C58H103NO8. The van der Waals surface area contributed by atoms with Crippen LogP contribution in [0.5, 0.6) is 0 Å². The first-order chi connectivity index (χ1) is 32.6. The number of rotatable bonds is 50. The summed E-state index contributed by atoms with van der Waals surface area (Å²) < 4.78 is 22.6. The van der Waals surface area contributed by atoms with E-state index in [0.29, 0.717) is 17.4 Å². The molecule has 0 aromatic carbocycles. The highest BCUT2D eigenvalue weighted by molar-refractivity contribution is 5.70. The molecule has 67 heavy (non-hydrogen) atoms. The molecule has 0 bridgehead atoms. The normalized spacial score (nSPS) is 13.3. The molecule has 0 spiro atoms. The fourth-order valence-electron chi connectivity index (χ4n) is 7.46. The van der Waals surface area contributed by atoms with Gasteiger partial charge in [-0.2, -0.15) is 0 Å². The Morgan fingerprint density at radius 1 is 0.448 bits per heavy atom. The number of aliphatic carboxylic acids is 1. The predicted octanol–water partition coefficient (Wildman–Crippen LogP) is 14.3. The van der Waals surface area contributed by atoms with Gasteiger partial charge in [-0.25, -0.2) is 0 Å². The number of nitrogens with zero attached hydrogens (tertiary/aromatic N) is 1. The van der Waals surface area contributed by atoms with Crippen LogP contribution in [0, 0.1) is 0 Å². The molecule has 9 nitrogen and oxygen atoms in total. The average molecular weight is 942 g/mol. The van der Waals surface area contributed by atoms with Crippen LogP contribution in [0.2, 0.25) is 0 Å². The lowest BCUT2D eigenvalue weighted by atomic mass is 10.0. The van der Waals surface area contributed by atoms with Gasteiger partial charge in [0.2, 0.25) is 0 Å². The smallest absolute Gasteiger partial charge is 0.306 e. The maximum absolute atomic E-state index is 12.8. The molecule has 388 valence electrons. The van der Waals surface area contributed by atoms with E-state index in [-0.39, 0.29) is 38.6 Å². The van der Waals surface area contributed by atoms with Gasteiger partial charge in [-0.05, 0) is 77.0 Å². The molecule has 0 fully saturated rings. The standard InChI is InChI=1S/C58H103NO8/c1-6-8-10-12-14-16-18-20-21-22-23-24-25-26-27-28-29-30-31-32-33-34-35-37-39-41-43-45-47-49-56(61)67-54(53-66-58(57(62)63)64-51-50-59(3,4)5)52-65-55(60)48-46-44-42-40-38-36-19-17-15-13-11-9-7-2/h11,13,17-20,22-23,25-26,54,58H,6-10,12,14-16,21,24,27-53H2,1-5H3/b13-11-,19-17-,20-18-,23-22-,26-25-. The van der Waals surface area contributed by atoms with Crippen molar-refractivity contribution in [1.82, 2.24) is 0 Å². The molecular weight excluding hydrogens is 839 g/mol. The predicted molar refractivity (Wildman–Crippen MR) is 278 cm³/mol. The zero-order chi connectivity index (χ0) is 49.2. The van der Waals surface area contributed by atoms with E-state index < -0.39 is 24.3 Å². The number of unbranched alkanes of at least 4 members (excludes halogenated alkanes) is 25. The Hall–Kier alpha value is -3.01. The van der Waals surface area contributed by atoms with Gasteiger partial charge in [0.05, 0.1) is 40.3 Å². The molecule has 2 unspecified atom stereocenters. The quantitative estimate of drug-likeness (QED) is 0.0195. The zero-order valence-electron chi connectivity index (χ0n) is 44.0. The molecule has 0 aromatic rings. The van der Waals surface area contributed by atoms with E-state index in [9.17, 15) is 19.5 Å². The molecule has 0 N–H and O–H groups in total. The van der Waals surface area contributed by atoms with Crippen molar-refractivity contribution in [2.24, 2.45) is 0 Å². The van der Waals surface area contributed by atoms with Gasteiger partial charge in [0.25, 0.3) is 0 Å². The number of likely N-dealkylation sites (N-methyl/N-ethyl adjacent to an activating group) is 1. The largest absolute Gasteiger partial charge is 0.545 e. The molecule has 0 aliphatic heterocycles. The topological polar surface area (TPSA) is 111 Å². The van der Waals surface area contributed by atoms with Crippen LogP contribution in [0.15, 0.2) is 60.8 Å². The minimum Gasteiger partial charge on any atom is -0.545 e. The molecule has 9 heteroatoms. The SMILES string of the molecule is CCC/C=C\C/C=C\CCCCCCCC(=O)OCC(COC(OCC[N+](C)(C)C)C(=O)[O-])OC(=O)CCCCCCCCCCCCCCCC/C=C\C/C=C\C/C=C\CCCCCCC. The van der Waals surface area contributed by atoms with Crippen molar-refractivity contribution in [2.75, 3.05) is 47.5 Å². The minimum absolute atomic E-state index is 0.144. The van der Waals surface area contributed by atoms with Crippen LogP contribution in [0.4, 0.5) is 0 Å². The number of carboxylic acid groups (broad SMARTS) is 1. The Balaban J connectivity index is 4.19. The third-order valence-electron chi connectivity index (χ3n) is 11.7. The van der Waals surface area contributed by atoms with Gasteiger partial charge < -0.3 is 33.3 Å². The highest BCUT2D eigenvalue weighted by atomic mass is 16.7. The van der Waals surface area contributed by atoms with Crippen molar-refractivity contribution in [2.45, 2.75) is 245 Å². The lowest BCUT2D eigenvalue weighted by Crippen LogP contribution is -2.44. The van der Waals surface area contributed by atoms with Crippen LogP contribution in [0.1, 0.15) is 232 Å². The summed E-state index contributed by atoms with van der Waals surface area (Å²) in [6.07, 6.45) is 58.4. The van der Waals surface area contributed by atoms with Crippen LogP contribution in [0.3, 0.4) is 0 Å². The number of carbonyl (C=O) groups is 3. The van der Waals surface area contributed by atoms with Gasteiger partial charge in [-0.1, -0.05) is 203 Å². The van der Waals surface area contributed by atoms with Gasteiger partial charge >= 0.3 is 11.9 Å². The molecule has 0 radical (unpaired) electrons. The third-order valence-corrected chi connectivity index (χ3v) is 11.7. The maximum atomic E-state index is 12.8. The summed E-state index contributed by atoms with van der Waals surface area (Å²) in [6, 6.07) is 0. The summed E-state index contributed by atoms with van der Waals surface area (Å²) in [7, 11) is 5.91. The second kappa shape index (κ2) is 49.4.